The first kappa shape index (κ1) is 32.2. The van der Waals surface area contributed by atoms with Crippen molar-refractivity contribution in [3.8, 4) is 50.9 Å². The standard InChI is InChI=1S/C48H38N4O/c1-48(2,3)38-23-24-49-47(30-38)52-45-20-11-10-19-43(45)44-22-21-42(32-46(44)52)53-41-18-12-17-39(31-41)50-25-26-51(33-50)40-28-36(34-13-6-4-7-14-34)27-37(29-40)35-15-8-5-9-16-35/h4-32H,1-3H3. The number of nitrogens with zero attached hydrogens (tertiary/aromatic N) is 4. The summed E-state index contributed by atoms with van der Waals surface area (Å²) in [5.74, 6) is 2.39. The van der Waals surface area contributed by atoms with Gasteiger partial charge < -0.3 is 4.74 Å². The minimum atomic E-state index is 0.00343. The smallest absolute Gasteiger partial charge is 0.268 e. The van der Waals surface area contributed by atoms with Crippen molar-refractivity contribution in [2.75, 3.05) is 0 Å². The zero-order valence-electron chi connectivity index (χ0n) is 29.9. The molecule has 3 heterocycles. The van der Waals surface area contributed by atoms with Crippen molar-refractivity contribution in [2.24, 2.45) is 0 Å². The summed E-state index contributed by atoms with van der Waals surface area (Å²) in [6.07, 6.45) is 9.52. The Morgan fingerprint density at radius 3 is 2.00 bits per heavy atom. The second-order valence-electron chi connectivity index (χ2n) is 14.4. The Hall–Kier alpha value is -6.72. The van der Waals surface area contributed by atoms with Crippen LogP contribution in [0.4, 0.5) is 0 Å². The first-order valence-corrected chi connectivity index (χ1v) is 17.9. The number of hydrogen-bond donors (Lipinski definition) is 0. The molecule has 0 unspecified atom stereocenters. The van der Waals surface area contributed by atoms with Crippen molar-refractivity contribution in [2.45, 2.75) is 26.2 Å². The Morgan fingerprint density at radius 1 is 0.585 bits per heavy atom. The predicted octanol–water partition coefficient (Wildman–Crippen LogP) is 11.5. The molecule has 0 aliphatic heterocycles. The third kappa shape index (κ3) is 6.27. The van der Waals surface area contributed by atoms with Crippen molar-refractivity contribution in [3.05, 3.63) is 188 Å². The zero-order chi connectivity index (χ0) is 35.9. The Bertz CT molecular complexity index is 2680. The van der Waals surface area contributed by atoms with Crippen LogP contribution in [-0.2, 0) is 5.41 Å². The summed E-state index contributed by atoms with van der Waals surface area (Å²) in [6, 6.07) is 54.9. The van der Waals surface area contributed by atoms with E-state index >= 15 is 0 Å². The van der Waals surface area contributed by atoms with Crippen LogP contribution in [0.15, 0.2) is 176 Å². The molecule has 0 radical (unpaired) electrons. The second-order valence-corrected chi connectivity index (χ2v) is 14.4. The Balaban J connectivity index is 1.05. The quantitative estimate of drug-likeness (QED) is 0.124. The van der Waals surface area contributed by atoms with Crippen LogP contribution in [0.2, 0.25) is 0 Å². The van der Waals surface area contributed by atoms with E-state index in [1.165, 1.54) is 22.1 Å². The van der Waals surface area contributed by atoms with Crippen LogP contribution in [0.3, 0.4) is 0 Å². The van der Waals surface area contributed by atoms with Gasteiger partial charge in [0.25, 0.3) is 6.33 Å². The van der Waals surface area contributed by atoms with Gasteiger partial charge in [-0.15, -0.1) is 0 Å². The minimum absolute atomic E-state index is 0.00343. The average molecular weight is 687 g/mol. The van der Waals surface area contributed by atoms with Crippen molar-refractivity contribution in [3.63, 3.8) is 0 Å². The van der Waals surface area contributed by atoms with Crippen molar-refractivity contribution < 1.29 is 9.30 Å². The first-order valence-electron chi connectivity index (χ1n) is 17.9. The molecule has 0 aliphatic carbocycles. The molecule has 0 saturated carbocycles. The average Bonchev–Trinajstić information content (AvgIpc) is 3.82. The number of rotatable bonds is 7. The molecule has 5 heteroatoms. The van der Waals surface area contributed by atoms with E-state index < -0.39 is 0 Å². The molecule has 53 heavy (non-hydrogen) atoms. The first-order chi connectivity index (χ1) is 25.9. The van der Waals surface area contributed by atoms with E-state index in [2.05, 4.69) is 165 Å². The maximum atomic E-state index is 6.57. The van der Waals surface area contributed by atoms with Crippen LogP contribution in [0, 0.1) is 6.33 Å². The molecule has 9 aromatic rings. The molecule has 0 bridgehead atoms. The molecular formula is C48H38N4O. The number of ether oxygens (including phenoxy) is 1. The van der Waals surface area contributed by atoms with Crippen molar-refractivity contribution >= 4 is 21.8 Å². The Labute approximate surface area is 309 Å². The van der Waals surface area contributed by atoms with E-state index in [1.54, 1.807) is 0 Å². The number of pyridine rings is 1. The molecule has 0 aliphatic rings. The Kier molecular flexibility index (Phi) is 7.97. The highest BCUT2D eigenvalue weighted by molar-refractivity contribution is 6.09. The van der Waals surface area contributed by atoms with Gasteiger partial charge in [0.15, 0.2) is 0 Å². The van der Waals surface area contributed by atoms with Crippen LogP contribution < -0.4 is 9.30 Å². The second kappa shape index (κ2) is 13.1. The molecule has 6 aromatic carbocycles. The molecule has 0 saturated heterocycles. The van der Waals surface area contributed by atoms with Gasteiger partial charge in [0.1, 0.15) is 17.3 Å². The number of aromatic nitrogens is 4. The lowest BCUT2D eigenvalue weighted by Crippen LogP contribution is -2.28. The number of para-hydroxylation sites is 1. The fourth-order valence-corrected chi connectivity index (χ4v) is 7.05. The van der Waals surface area contributed by atoms with Crippen LogP contribution in [0.5, 0.6) is 11.5 Å². The van der Waals surface area contributed by atoms with E-state index in [9.17, 15) is 0 Å². The largest absolute Gasteiger partial charge is 0.458 e. The topological polar surface area (TPSA) is 35.9 Å². The third-order valence-corrected chi connectivity index (χ3v) is 9.81. The van der Waals surface area contributed by atoms with Gasteiger partial charge in [-0.05, 0) is 100.0 Å². The van der Waals surface area contributed by atoms with Gasteiger partial charge in [-0.25, -0.2) is 4.98 Å². The van der Waals surface area contributed by atoms with Gasteiger partial charge in [0.2, 0.25) is 0 Å². The monoisotopic (exact) mass is 686 g/mol. The highest BCUT2D eigenvalue weighted by atomic mass is 16.5. The molecular weight excluding hydrogens is 649 g/mol. The van der Waals surface area contributed by atoms with Crippen LogP contribution in [0.1, 0.15) is 26.3 Å². The van der Waals surface area contributed by atoms with Gasteiger partial charge in [0, 0.05) is 35.4 Å². The van der Waals surface area contributed by atoms with Crippen LogP contribution in [0.25, 0.3) is 61.3 Å². The lowest BCUT2D eigenvalue weighted by atomic mass is 9.88. The maximum absolute atomic E-state index is 6.57. The lowest BCUT2D eigenvalue weighted by Gasteiger charge is -2.20. The molecule has 3 aromatic heterocycles. The predicted molar refractivity (Wildman–Crippen MR) is 214 cm³/mol. The van der Waals surface area contributed by atoms with E-state index in [0.29, 0.717) is 0 Å². The summed E-state index contributed by atoms with van der Waals surface area (Å²) in [6.45, 7) is 6.69. The summed E-state index contributed by atoms with van der Waals surface area (Å²) >= 11 is 0. The van der Waals surface area contributed by atoms with E-state index in [-0.39, 0.29) is 5.41 Å². The molecule has 0 amide bonds. The number of benzene rings is 6. The molecule has 5 nitrogen and oxygen atoms in total. The highest BCUT2D eigenvalue weighted by Gasteiger charge is 2.18. The van der Waals surface area contributed by atoms with Gasteiger partial charge >= 0.3 is 0 Å². The summed E-state index contributed by atoms with van der Waals surface area (Å²) in [4.78, 5) is 4.83. The molecule has 0 N–H and O–H groups in total. The molecule has 0 fully saturated rings. The maximum Gasteiger partial charge on any atom is 0.268 e. The SMILES string of the molecule is CC(C)(C)c1ccnc(-n2c3ccccc3c3ccc(Oc4cccc(-n5[c-][n+](-c6cc(-c7ccccc7)cc(-c7ccccc7)c6)cc5)c4)cc32)c1. The van der Waals surface area contributed by atoms with Gasteiger partial charge in [0.05, 0.1) is 22.4 Å². The summed E-state index contributed by atoms with van der Waals surface area (Å²) in [7, 11) is 0. The Morgan fingerprint density at radius 2 is 1.26 bits per heavy atom. The molecule has 256 valence electrons. The molecule has 0 spiro atoms. The normalized spacial score (nSPS) is 11.7. The summed E-state index contributed by atoms with van der Waals surface area (Å²) in [5, 5.41) is 2.34. The number of imidazole rings is 1. The third-order valence-electron chi connectivity index (χ3n) is 9.81. The zero-order valence-corrected chi connectivity index (χ0v) is 29.9. The van der Waals surface area contributed by atoms with Crippen LogP contribution in [-0.4, -0.2) is 14.1 Å². The molecule has 9 rings (SSSR count). The molecule has 0 atom stereocenters. The fraction of sp³-hybridized carbons (Fsp3) is 0.0833. The van der Waals surface area contributed by atoms with Crippen LogP contribution >= 0.6 is 0 Å². The van der Waals surface area contributed by atoms with Crippen molar-refractivity contribution in [1.82, 2.24) is 14.1 Å². The van der Waals surface area contributed by atoms with E-state index in [0.717, 1.165) is 56.2 Å². The highest BCUT2D eigenvalue weighted by Crippen LogP contribution is 2.36. The fourth-order valence-electron chi connectivity index (χ4n) is 7.05. The van der Waals surface area contributed by atoms with Gasteiger partial charge in [-0.1, -0.05) is 106 Å². The lowest BCUT2D eigenvalue weighted by molar-refractivity contribution is -0.599. The van der Waals surface area contributed by atoms with E-state index in [4.69, 9.17) is 9.72 Å². The van der Waals surface area contributed by atoms with Gasteiger partial charge in [-0.2, -0.15) is 0 Å². The number of hydrogen-bond acceptors (Lipinski definition) is 2. The number of fused-ring (bicyclic) bond motifs is 3. The summed E-state index contributed by atoms with van der Waals surface area (Å²) < 4.78 is 12.9. The minimum Gasteiger partial charge on any atom is -0.458 e. The van der Waals surface area contributed by atoms with Gasteiger partial charge in [-0.3, -0.25) is 13.7 Å². The summed E-state index contributed by atoms with van der Waals surface area (Å²) in [5.41, 5.74) is 10.0. The van der Waals surface area contributed by atoms with Crippen molar-refractivity contribution in [1.29, 1.82) is 0 Å². The van der Waals surface area contributed by atoms with E-state index in [1.807, 2.05) is 52.0 Å².